The molecular weight excluding hydrogens is 216 g/mol. The molecule has 98 valence electrons. The third-order valence-electron chi connectivity index (χ3n) is 3.75. The molecule has 2 heterocycles. The third-order valence-corrected chi connectivity index (χ3v) is 3.75. The van der Waals surface area contributed by atoms with E-state index in [1.807, 2.05) is 4.90 Å². The van der Waals surface area contributed by atoms with Crippen molar-refractivity contribution < 1.29 is 4.79 Å². The number of rotatable bonds is 3. The van der Waals surface area contributed by atoms with Crippen LogP contribution >= 0.6 is 0 Å². The van der Waals surface area contributed by atoms with Gasteiger partial charge in [0.15, 0.2) is 0 Å². The van der Waals surface area contributed by atoms with E-state index in [1.54, 1.807) is 0 Å². The van der Waals surface area contributed by atoms with Gasteiger partial charge in [-0.25, -0.2) is 4.79 Å². The Morgan fingerprint density at radius 2 is 1.82 bits per heavy atom. The van der Waals surface area contributed by atoms with Crippen LogP contribution in [0.5, 0.6) is 0 Å². The zero-order valence-electron chi connectivity index (χ0n) is 10.5. The molecule has 0 aliphatic carbocycles. The molecule has 0 bridgehead atoms. The van der Waals surface area contributed by atoms with Crippen molar-refractivity contribution in [3.63, 3.8) is 0 Å². The van der Waals surface area contributed by atoms with Crippen LogP contribution in [-0.4, -0.2) is 61.1 Å². The summed E-state index contributed by atoms with van der Waals surface area (Å²) in [4.78, 5) is 16.2. The number of carbonyl (C=O) groups is 1. The lowest BCUT2D eigenvalue weighted by molar-refractivity contribution is 0.180. The summed E-state index contributed by atoms with van der Waals surface area (Å²) in [5.74, 6) is 0. The van der Waals surface area contributed by atoms with Gasteiger partial charge >= 0.3 is 6.03 Å². The Balaban J connectivity index is 1.68. The Kier molecular flexibility index (Phi) is 4.62. The lowest BCUT2D eigenvalue weighted by Gasteiger charge is -2.32. The van der Waals surface area contributed by atoms with Gasteiger partial charge in [-0.05, 0) is 25.7 Å². The third kappa shape index (κ3) is 3.57. The quantitative estimate of drug-likeness (QED) is 0.741. The first-order valence-electron chi connectivity index (χ1n) is 6.77. The summed E-state index contributed by atoms with van der Waals surface area (Å²) < 4.78 is 0. The summed E-state index contributed by atoms with van der Waals surface area (Å²) >= 11 is 0. The predicted octanol–water partition coefficient (Wildman–Crippen LogP) is 0.215. The number of piperidine rings is 1. The first kappa shape index (κ1) is 12.6. The monoisotopic (exact) mass is 240 g/mol. The summed E-state index contributed by atoms with van der Waals surface area (Å²) in [6.45, 7) is 5.68. The molecule has 0 aromatic carbocycles. The van der Waals surface area contributed by atoms with Gasteiger partial charge in [-0.1, -0.05) is 0 Å². The lowest BCUT2D eigenvalue weighted by atomic mass is 10.1. The number of amides is 2. The molecule has 5 heteroatoms. The molecule has 0 radical (unpaired) electrons. The predicted molar refractivity (Wildman–Crippen MR) is 67.9 cm³/mol. The molecule has 5 nitrogen and oxygen atoms in total. The molecule has 2 amide bonds. The van der Waals surface area contributed by atoms with Gasteiger partial charge in [0.25, 0.3) is 0 Å². The summed E-state index contributed by atoms with van der Waals surface area (Å²) in [6, 6.07) is 0.497. The molecule has 3 N–H and O–H groups in total. The van der Waals surface area contributed by atoms with E-state index in [-0.39, 0.29) is 6.03 Å². The molecule has 0 aromatic rings. The molecule has 0 saturated carbocycles. The van der Waals surface area contributed by atoms with Crippen molar-refractivity contribution in [2.45, 2.75) is 31.7 Å². The summed E-state index contributed by atoms with van der Waals surface area (Å²) in [5.41, 5.74) is 5.54. The second-order valence-electron chi connectivity index (χ2n) is 5.05. The number of nitrogens with zero attached hydrogens (tertiary/aromatic N) is 2. The van der Waals surface area contributed by atoms with Gasteiger partial charge in [0, 0.05) is 45.3 Å². The Morgan fingerprint density at radius 1 is 1.18 bits per heavy atom. The fourth-order valence-electron chi connectivity index (χ4n) is 2.67. The zero-order chi connectivity index (χ0) is 12.1. The highest BCUT2D eigenvalue weighted by atomic mass is 16.2. The fourth-order valence-corrected chi connectivity index (χ4v) is 2.67. The molecule has 2 aliphatic heterocycles. The van der Waals surface area contributed by atoms with Gasteiger partial charge in [0.05, 0.1) is 0 Å². The van der Waals surface area contributed by atoms with Gasteiger partial charge in [-0.2, -0.15) is 0 Å². The number of nitrogens with one attached hydrogen (secondary N) is 1. The minimum Gasteiger partial charge on any atom is -0.335 e. The van der Waals surface area contributed by atoms with Crippen molar-refractivity contribution in [2.24, 2.45) is 5.73 Å². The second kappa shape index (κ2) is 6.21. The van der Waals surface area contributed by atoms with Crippen molar-refractivity contribution in [3.05, 3.63) is 0 Å². The molecule has 2 rings (SSSR count). The van der Waals surface area contributed by atoms with Crippen LogP contribution in [-0.2, 0) is 0 Å². The Bertz CT molecular complexity index is 245. The van der Waals surface area contributed by atoms with Crippen LogP contribution in [0.1, 0.15) is 25.7 Å². The number of urea groups is 1. The van der Waals surface area contributed by atoms with Gasteiger partial charge in [0.1, 0.15) is 0 Å². The smallest absolute Gasteiger partial charge is 0.317 e. The van der Waals surface area contributed by atoms with Crippen LogP contribution in [0.15, 0.2) is 0 Å². The van der Waals surface area contributed by atoms with Gasteiger partial charge in [-0.3, -0.25) is 0 Å². The molecular formula is C12H24N4O. The molecule has 0 atom stereocenters. The maximum Gasteiger partial charge on any atom is 0.317 e. The second-order valence-corrected chi connectivity index (χ2v) is 5.05. The molecule has 0 aromatic heterocycles. The van der Waals surface area contributed by atoms with Crippen LogP contribution in [0.2, 0.25) is 0 Å². The number of likely N-dealkylation sites (tertiary alicyclic amines) is 2. The van der Waals surface area contributed by atoms with Crippen LogP contribution < -0.4 is 11.1 Å². The lowest BCUT2D eigenvalue weighted by Crippen LogP contribution is -2.49. The standard InChI is InChI=1S/C12H24N4O/c13-5-10-15-8-3-11(4-9-15)14-12(17)16-6-1-2-7-16/h11H,1-10,13H2,(H,14,17). The highest BCUT2D eigenvalue weighted by Gasteiger charge is 2.23. The van der Waals surface area contributed by atoms with E-state index in [0.29, 0.717) is 6.04 Å². The number of hydrogen-bond acceptors (Lipinski definition) is 3. The Morgan fingerprint density at radius 3 is 2.41 bits per heavy atom. The van der Waals surface area contributed by atoms with Crippen molar-refractivity contribution in [2.75, 3.05) is 39.3 Å². The Labute approximate surface area is 103 Å². The largest absolute Gasteiger partial charge is 0.335 e. The normalized spacial score (nSPS) is 23.0. The number of carbonyl (C=O) groups excluding carboxylic acids is 1. The van der Waals surface area contributed by atoms with E-state index in [4.69, 9.17) is 5.73 Å². The molecule has 2 saturated heterocycles. The van der Waals surface area contributed by atoms with E-state index >= 15 is 0 Å². The SMILES string of the molecule is NCCN1CCC(NC(=O)N2CCCC2)CC1. The van der Waals surface area contributed by atoms with Crippen LogP contribution in [0.4, 0.5) is 4.79 Å². The zero-order valence-corrected chi connectivity index (χ0v) is 10.5. The minimum absolute atomic E-state index is 0.139. The van der Waals surface area contributed by atoms with E-state index in [1.165, 1.54) is 0 Å². The summed E-state index contributed by atoms with van der Waals surface area (Å²) in [6.07, 6.45) is 4.42. The summed E-state index contributed by atoms with van der Waals surface area (Å²) in [7, 11) is 0. The maximum atomic E-state index is 11.9. The van der Waals surface area contributed by atoms with Crippen LogP contribution in [0.25, 0.3) is 0 Å². The maximum absolute atomic E-state index is 11.9. The van der Waals surface area contributed by atoms with Crippen LogP contribution in [0, 0.1) is 0 Å². The molecule has 2 fully saturated rings. The van der Waals surface area contributed by atoms with Crippen molar-refractivity contribution in [1.82, 2.24) is 15.1 Å². The highest BCUT2D eigenvalue weighted by molar-refractivity contribution is 5.74. The minimum atomic E-state index is 0.139. The number of hydrogen-bond donors (Lipinski definition) is 2. The van der Waals surface area contributed by atoms with Crippen molar-refractivity contribution in [1.29, 1.82) is 0 Å². The highest BCUT2D eigenvalue weighted by Crippen LogP contribution is 2.12. The molecule has 2 aliphatic rings. The average molecular weight is 240 g/mol. The Hall–Kier alpha value is -0.810. The van der Waals surface area contributed by atoms with Crippen molar-refractivity contribution in [3.8, 4) is 0 Å². The first-order valence-corrected chi connectivity index (χ1v) is 6.77. The first-order chi connectivity index (χ1) is 8.29. The fraction of sp³-hybridized carbons (Fsp3) is 0.917. The molecule has 0 spiro atoms. The van der Waals surface area contributed by atoms with Gasteiger partial charge in [0.2, 0.25) is 0 Å². The molecule has 0 unspecified atom stereocenters. The summed E-state index contributed by atoms with van der Waals surface area (Å²) in [5, 5.41) is 3.15. The number of nitrogens with two attached hydrogens (primary N) is 1. The van der Waals surface area contributed by atoms with E-state index in [9.17, 15) is 4.79 Å². The van der Waals surface area contributed by atoms with E-state index < -0.39 is 0 Å². The van der Waals surface area contributed by atoms with E-state index in [0.717, 1.165) is 65.0 Å². The van der Waals surface area contributed by atoms with E-state index in [2.05, 4.69) is 10.2 Å². The van der Waals surface area contributed by atoms with Crippen molar-refractivity contribution >= 4 is 6.03 Å². The molecule has 17 heavy (non-hydrogen) atoms. The van der Waals surface area contributed by atoms with Crippen LogP contribution in [0.3, 0.4) is 0 Å². The average Bonchev–Trinajstić information content (AvgIpc) is 2.86. The topological polar surface area (TPSA) is 61.6 Å². The van der Waals surface area contributed by atoms with Gasteiger partial charge < -0.3 is 20.9 Å². The van der Waals surface area contributed by atoms with Gasteiger partial charge in [-0.15, -0.1) is 0 Å².